The number of anilines is 1. The number of methoxy groups -OCH3 is 1. The van der Waals surface area contributed by atoms with Crippen LogP contribution in [0.15, 0.2) is 53.4 Å². The molecule has 1 N–H and O–H groups in total. The molecule has 1 aliphatic rings. The normalized spacial score (nSPS) is 12.7. The number of halogens is 4. The third kappa shape index (κ3) is 5.68. The lowest BCUT2D eigenvalue weighted by atomic mass is 10.0. The van der Waals surface area contributed by atoms with E-state index in [1.807, 2.05) is 0 Å². The number of hydrogen-bond acceptors (Lipinski definition) is 5. The first kappa shape index (κ1) is 27.2. The third-order valence-corrected chi connectivity index (χ3v) is 7.29. The number of fused-ring (bicyclic) bond motifs is 1. The molecule has 1 heterocycles. The SMILES string of the molecule is CCC(=O)O.COc1cc(S(=O)(=O)N2CCOc3ccc(-c4cc(F)cc(F)c4Cl)cc32)ccc1F. The second-order valence-corrected chi connectivity index (χ2v) is 9.64. The van der Waals surface area contributed by atoms with Gasteiger partial charge < -0.3 is 14.6 Å². The van der Waals surface area contributed by atoms with Gasteiger partial charge in [-0.2, -0.15) is 0 Å². The maximum Gasteiger partial charge on any atom is 0.303 e. The molecule has 0 bridgehead atoms. The largest absolute Gasteiger partial charge is 0.494 e. The van der Waals surface area contributed by atoms with Gasteiger partial charge in [-0.3, -0.25) is 9.10 Å². The van der Waals surface area contributed by atoms with Crippen molar-refractivity contribution in [1.82, 2.24) is 0 Å². The number of ether oxygens (including phenoxy) is 2. The highest BCUT2D eigenvalue weighted by Gasteiger charge is 2.31. The number of aliphatic carboxylic acids is 1. The van der Waals surface area contributed by atoms with Gasteiger partial charge in [-0.25, -0.2) is 21.6 Å². The topological polar surface area (TPSA) is 93.1 Å². The first-order valence-electron chi connectivity index (χ1n) is 10.5. The van der Waals surface area contributed by atoms with E-state index in [-0.39, 0.29) is 52.2 Å². The number of carboxylic acid groups (broad SMARTS) is 1. The Balaban J connectivity index is 0.000000658. The van der Waals surface area contributed by atoms with E-state index in [9.17, 15) is 26.4 Å². The summed E-state index contributed by atoms with van der Waals surface area (Å²) >= 11 is 6.00. The molecule has 0 atom stereocenters. The number of carboxylic acids is 1. The first-order chi connectivity index (χ1) is 17.0. The standard InChI is InChI=1S/C21H15ClF3NO4S.C3H6O2/c1-29-20-11-14(3-4-16(20)24)31(27,28)26-6-7-30-19-5-2-12(8-18(19)26)15-9-13(23)10-17(25)21(15)22;1-2-3(4)5/h2-5,8-11H,6-7H2,1H3;2H2,1H3,(H,4,5). The molecule has 4 rings (SSSR count). The highest BCUT2D eigenvalue weighted by atomic mass is 35.5. The highest BCUT2D eigenvalue weighted by Crippen LogP contribution is 2.41. The van der Waals surface area contributed by atoms with Crippen LogP contribution in [0, 0.1) is 17.5 Å². The van der Waals surface area contributed by atoms with E-state index < -0.39 is 33.4 Å². The van der Waals surface area contributed by atoms with Crippen LogP contribution >= 0.6 is 11.6 Å². The molecule has 3 aromatic rings. The average molecular weight is 544 g/mol. The Hall–Kier alpha value is -3.44. The summed E-state index contributed by atoms with van der Waals surface area (Å²) in [5.41, 5.74) is 0.519. The number of carbonyl (C=O) groups is 1. The zero-order chi connectivity index (χ0) is 26.6. The summed E-state index contributed by atoms with van der Waals surface area (Å²) in [6.45, 7) is 1.66. The van der Waals surface area contributed by atoms with Crippen LogP contribution in [0.5, 0.6) is 11.5 Å². The molecule has 3 aromatic carbocycles. The van der Waals surface area contributed by atoms with Crippen molar-refractivity contribution in [1.29, 1.82) is 0 Å². The van der Waals surface area contributed by atoms with Gasteiger partial charge in [-0.15, -0.1) is 0 Å². The molecule has 0 amide bonds. The van der Waals surface area contributed by atoms with Crippen molar-refractivity contribution in [3.8, 4) is 22.6 Å². The van der Waals surface area contributed by atoms with Crippen LogP contribution in [-0.4, -0.2) is 39.8 Å². The number of benzene rings is 3. The second-order valence-electron chi connectivity index (χ2n) is 7.40. The molecule has 7 nitrogen and oxygen atoms in total. The fourth-order valence-corrected chi connectivity index (χ4v) is 4.99. The van der Waals surface area contributed by atoms with E-state index in [2.05, 4.69) is 0 Å². The van der Waals surface area contributed by atoms with Gasteiger partial charge >= 0.3 is 5.97 Å². The van der Waals surface area contributed by atoms with Gasteiger partial charge in [0.15, 0.2) is 11.6 Å². The van der Waals surface area contributed by atoms with E-state index in [0.717, 1.165) is 28.6 Å². The fraction of sp³-hybridized carbons (Fsp3) is 0.208. The molecule has 0 saturated heterocycles. The molecule has 1 aliphatic heterocycles. The van der Waals surface area contributed by atoms with Crippen molar-refractivity contribution in [2.75, 3.05) is 24.6 Å². The van der Waals surface area contributed by atoms with Crippen molar-refractivity contribution >= 4 is 33.3 Å². The van der Waals surface area contributed by atoms with E-state index in [1.54, 1.807) is 6.92 Å². The molecule has 192 valence electrons. The Morgan fingerprint density at radius 2 is 1.81 bits per heavy atom. The second kappa shape index (κ2) is 11.1. The van der Waals surface area contributed by atoms with E-state index in [1.165, 1.54) is 25.3 Å². The lowest BCUT2D eigenvalue weighted by Gasteiger charge is -2.31. The lowest BCUT2D eigenvalue weighted by Crippen LogP contribution is -2.38. The summed E-state index contributed by atoms with van der Waals surface area (Å²) in [5.74, 6) is -3.16. The predicted octanol–water partition coefficient (Wildman–Crippen LogP) is 5.50. The Morgan fingerprint density at radius 1 is 1.11 bits per heavy atom. The van der Waals surface area contributed by atoms with Gasteiger partial charge in [0.2, 0.25) is 0 Å². The van der Waals surface area contributed by atoms with Gasteiger partial charge in [0.05, 0.1) is 29.3 Å². The Morgan fingerprint density at radius 3 is 2.44 bits per heavy atom. The van der Waals surface area contributed by atoms with Crippen molar-refractivity contribution in [3.63, 3.8) is 0 Å². The van der Waals surface area contributed by atoms with Gasteiger partial charge in [-0.1, -0.05) is 24.6 Å². The molecule has 0 aromatic heterocycles. The van der Waals surface area contributed by atoms with Crippen LogP contribution in [-0.2, 0) is 14.8 Å². The minimum atomic E-state index is -4.12. The minimum absolute atomic E-state index is 0.0241. The van der Waals surface area contributed by atoms with Gasteiger partial charge in [0.1, 0.15) is 24.0 Å². The van der Waals surface area contributed by atoms with E-state index in [0.29, 0.717) is 11.6 Å². The molecular formula is C24H21ClF3NO6S. The number of hydrogen-bond donors (Lipinski definition) is 1. The molecule has 0 aliphatic carbocycles. The van der Waals surface area contributed by atoms with Crippen LogP contribution in [0.3, 0.4) is 0 Å². The Bertz CT molecular complexity index is 1400. The fourth-order valence-electron chi connectivity index (χ4n) is 3.30. The minimum Gasteiger partial charge on any atom is -0.494 e. The zero-order valence-electron chi connectivity index (χ0n) is 19.1. The molecular weight excluding hydrogens is 523 g/mol. The third-order valence-electron chi connectivity index (χ3n) is 5.10. The molecule has 0 unspecified atom stereocenters. The van der Waals surface area contributed by atoms with Crippen molar-refractivity contribution in [2.24, 2.45) is 0 Å². The smallest absolute Gasteiger partial charge is 0.303 e. The molecule has 0 fully saturated rings. The maximum absolute atomic E-state index is 13.9. The summed E-state index contributed by atoms with van der Waals surface area (Å²) < 4.78 is 79.5. The van der Waals surface area contributed by atoms with Crippen LogP contribution in [0.1, 0.15) is 13.3 Å². The maximum atomic E-state index is 13.9. The summed E-state index contributed by atoms with van der Waals surface area (Å²) in [6, 6.07) is 9.37. The lowest BCUT2D eigenvalue weighted by molar-refractivity contribution is -0.136. The van der Waals surface area contributed by atoms with Crippen LogP contribution in [0.4, 0.5) is 18.9 Å². The molecule has 36 heavy (non-hydrogen) atoms. The summed E-state index contributed by atoms with van der Waals surface area (Å²) in [7, 11) is -2.90. The van der Waals surface area contributed by atoms with Crippen LogP contribution in [0.25, 0.3) is 11.1 Å². The number of nitrogens with zero attached hydrogens (tertiary/aromatic N) is 1. The first-order valence-corrected chi connectivity index (χ1v) is 12.3. The van der Waals surface area contributed by atoms with Crippen LogP contribution < -0.4 is 13.8 Å². The summed E-state index contributed by atoms with van der Waals surface area (Å²) in [5, 5.41) is 7.43. The average Bonchev–Trinajstić information content (AvgIpc) is 2.85. The van der Waals surface area contributed by atoms with Crippen LogP contribution in [0.2, 0.25) is 5.02 Å². The van der Waals surface area contributed by atoms with Gasteiger partial charge in [-0.05, 0) is 35.9 Å². The van der Waals surface area contributed by atoms with E-state index in [4.69, 9.17) is 26.2 Å². The van der Waals surface area contributed by atoms with Crippen molar-refractivity contribution in [3.05, 3.63) is 71.0 Å². The quantitative estimate of drug-likeness (QED) is 0.427. The molecule has 0 saturated carbocycles. The van der Waals surface area contributed by atoms with Crippen molar-refractivity contribution in [2.45, 2.75) is 18.2 Å². The number of rotatable bonds is 5. The summed E-state index contributed by atoms with van der Waals surface area (Å²) in [6.07, 6.45) is 0.222. The molecule has 12 heteroatoms. The zero-order valence-corrected chi connectivity index (χ0v) is 20.7. The Labute approximate surface area is 210 Å². The predicted molar refractivity (Wildman–Crippen MR) is 128 cm³/mol. The highest BCUT2D eigenvalue weighted by molar-refractivity contribution is 7.92. The van der Waals surface area contributed by atoms with E-state index >= 15 is 0 Å². The molecule has 0 radical (unpaired) electrons. The Kier molecular flexibility index (Phi) is 8.36. The van der Waals surface area contributed by atoms with Gasteiger partial charge in [0.25, 0.3) is 10.0 Å². The van der Waals surface area contributed by atoms with Crippen molar-refractivity contribution < 1.29 is 41.0 Å². The molecule has 0 spiro atoms. The monoisotopic (exact) mass is 543 g/mol. The number of sulfonamides is 1. The summed E-state index contributed by atoms with van der Waals surface area (Å²) in [4.78, 5) is 9.19. The van der Waals surface area contributed by atoms with Gasteiger partial charge in [0, 0.05) is 24.1 Å².